The van der Waals surface area contributed by atoms with E-state index in [0.717, 1.165) is 12.1 Å². The molecule has 2 rings (SSSR count). The molecule has 0 spiro atoms. The Morgan fingerprint density at radius 3 is 2.32 bits per heavy atom. The van der Waals surface area contributed by atoms with E-state index in [-0.39, 0.29) is 0 Å². The number of hydrogen-bond acceptors (Lipinski definition) is 3. The van der Waals surface area contributed by atoms with Gasteiger partial charge in [0, 0.05) is 6.04 Å². The van der Waals surface area contributed by atoms with Gasteiger partial charge in [-0.15, -0.1) is 0 Å². The largest absolute Gasteiger partial charge is 0.497 e. The van der Waals surface area contributed by atoms with E-state index < -0.39 is 32.6 Å². The number of rotatable bonds is 5. The summed E-state index contributed by atoms with van der Waals surface area (Å²) in [6.45, 7) is 1.61. The third-order valence-electron chi connectivity index (χ3n) is 3.13. The fourth-order valence-corrected chi connectivity index (χ4v) is 3.26. The Hall–Kier alpha value is -1.99. The van der Waals surface area contributed by atoms with Crippen LogP contribution in [-0.2, 0) is 10.0 Å². The first kappa shape index (κ1) is 16.4. The molecular weight excluding hydrogens is 312 g/mol. The van der Waals surface area contributed by atoms with Gasteiger partial charge in [-0.3, -0.25) is 0 Å². The molecule has 1 N–H and O–H groups in total. The Balaban J connectivity index is 2.25. The van der Waals surface area contributed by atoms with Crippen molar-refractivity contribution in [2.75, 3.05) is 7.11 Å². The molecule has 1 atom stereocenters. The maximum Gasteiger partial charge on any atom is 0.244 e. The number of hydrogen-bond donors (Lipinski definition) is 1. The van der Waals surface area contributed by atoms with Gasteiger partial charge in [0.05, 0.1) is 7.11 Å². The number of ether oxygens (including phenoxy) is 1. The Morgan fingerprint density at radius 2 is 1.73 bits per heavy atom. The van der Waals surface area contributed by atoms with Crippen molar-refractivity contribution in [2.45, 2.75) is 17.9 Å². The Morgan fingerprint density at radius 1 is 1.09 bits per heavy atom. The van der Waals surface area contributed by atoms with E-state index >= 15 is 0 Å². The molecule has 0 aromatic heterocycles. The predicted octanol–water partition coefficient (Wildman–Crippen LogP) is 3.01. The van der Waals surface area contributed by atoms with E-state index in [1.807, 2.05) is 0 Å². The van der Waals surface area contributed by atoms with Crippen molar-refractivity contribution in [2.24, 2.45) is 0 Å². The van der Waals surface area contributed by atoms with Gasteiger partial charge in [-0.2, -0.15) is 0 Å². The highest BCUT2D eigenvalue weighted by Gasteiger charge is 2.22. The van der Waals surface area contributed by atoms with Crippen molar-refractivity contribution in [1.29, 1.82) is 0 Å². The second kappa shape index (κ2) is 6.41. The first-order valence-corrected chi connectivity index (χ1v) is 7.93. The minimum absolute atomic E-state index is 0.612. The van der Waals surface area contributed by atoms with E-state index in [0.29, 0.717) is 17.4 Å². The van der Waals surface area contributed by atoms with Crippen LogP contribution in [0.25, 0.3) is 0 Å². The maximum absolute atomic E-state index is 13.6. The molecule has 22 heavy (non-hydrogen) atoms. The molecule has 0 aliphatic carbocycles. The van der Waals surface area contributed by atoms with Gasteiger partial charge in [0.15, 0.2) is 0 Å². The lowest BCUT2D eigenvalue weighted by atomic mass is 10.1. The summed E-state index contributed by atoms with van der Waals surface area (Å²) < 4.78 is 58.4. The van der Waals surface area contributed by atoms with Gasteiger partial charge in [-0.1, -0.05) is 12.1 Å². The summed E-state index contributed by atoms with van der Waals surface area (Å²) in [4.78, 5) is -0.715. The third kappa shape index (κ3) is 3.61. The van der Waals surface area contributed by atoms with Crippen LogP contribution in [0.15, 0.2) is 47.4 Å². The van der Waals surface area contributed by atoms with Crippen LogP contribution in [0, 0.1) is 11.6 Å². The average molecular weight is 327 g/mol. The molecule has 7 heteroatoms. The van der Waals surface area contributed by atoms with Gasteiger partial charge in [0.1, 0.15) is 22.3 Å². The van der Waals surface area contributed by atoms with Crippen LogP contribution in [0.4, 0.5) is 8.78 Å². The monoisotopic (exact) mass is 327 g/mol. The van der Waals surface area contributed by atoms with Crippen molar-refractivity contribution < 1.29 is 21.9 Å². The van der Waals surface area contributed by atoms with E-state index in [9.17, 15) is 17.2 Å². The standard InChI is InChI=1S/C15H15F2NO3S/c1-10(11-3-6-13(21-2)7-4-11)18-22(19,20)15-9-12(16)5-8-14(15)17/h3-10,18H,1-2H3. The van der Waals surface area contributed by atoms with Crippen LogP contribution in [-0.4, -0.2) is 15.5 Å². The summed E-state index contributed by atoms with van der Waals surface area (Å²) >= 11 is 0. The molecule has 0 heterocycles. The predicted molar refractivity (Wildman–Crippen MR) is 78.1 cm³/mol. The van der Waals surface area contributed by atoms with Crippen molar-refractivity contribution in [3.8, 4) is 5.75 Å². The second-order valence-electron chi connectivity index (χ2n) is 4.69. The topological polar surface area (TPSA) is 55.4 Å². The smallest absolute Gasteiger partial charge is 0.244 e. The summed E-state index contributed by atoms with van der Waals surface area (Å²) in [5, 5.41) is 0. The highest BCUT2D eigenvalue weighted by Crippen LogP contribution is 2.21. The lowest BCUT2D eigenvalue weighted by Crippen LogP contribution is -2.27. The Bertz CT molecular complexity index is 761. The molecule has 0 aliphatic rings. The van der Waals surface area contributed by atoms with Gasteiger partial charge in [0.2, 0.25) is 10.0 Å². The molecule has 0 fully saturated rings. The number of nitrogens with one attached hydrogen (secondary N) is 1. The van der Waals surface area contributed by atoms with Gasteiger partial charge < -0.3 is 4.74 Å². The molecule has 0 saturated heterocycles. The van der Waals surface area contributed by atoms with Crippen molar-refractivity contribution in [3.05, 3.63) is 59.7 Å². The van der Waals surface area contributed by atoms with Crippen LogP contribution in [0.5, 0.6) is 5.75 Å². The van der Waals surface area contributed by atoms with Gasteiger partial charge in [-0.05, 0) is 42.8 Å². The number of methoxy groups -OCH3 is 1. The zero-order chi connectivity index (χ0) is 16.3. The fraction of sp³-hybridized carbons (Fsp3) is 0.200. The second-order valence-corrected chi connectivity index (χ2v) is 6.37. The number of sulfonamides is 1. The molecule has 4 nitrogen and oxygen atoms in total. The molecule has 2 aromatic carbocycles. The summed E-state index contributed by atoms with van der Waals surface area (Å²) in [5.41, 5.74) is 0.668. The molecule has 0 bridgehead atoms. The fourth-order valence-electron chi connectivity index (χ4n) is 1.94. The van der Waals surface area contributed by atoms with Crippen LogP contribution >= 0.6 is 0 Å². The summed E-state index contributed by atoms with van der Waals surface area (Å²) in [5.74, 6) is -1.19. The zero-order valence-electron chi connectivity index (χ0n) is 12.0. The first-order chi connectivity index (χ1) is 10.3. The molecule has 0 amide bonds. The highest BCUT2D eigenvalue weighted by atomic mass is 32.2. The van der Waals surface area contributed by atoms with Crippen LogP contribution < -0.4 is 9.46 Å². The maximum atomic E-state index is 13.6. The Kier molecular flexibility index (Phi) is 4.77. The van der Waals surface area contributed by atoms with Crippen molar-refractivity contribution in [1.82, 2.24) is 4.72 Å². The zero-order valence-corrected chi connectivity index (χ0v) is 12.8. The quantitative estimate of drug-likeness (QED) is 0.918. The van der Waals surface area contributed by atoms with Gasteiger partial charge in [-0.25, -0.2) is 21.9 Å². The van der Waals surface area contributed by atoms with Crippen LogP contribution in [0.3, 0.4) is 0 Å². The lowest BCUT2D eigenvalue weighted by molar-refractivity contribution is 0.414. The average Bonchev–Trinajstić information content (AvgIpc) is 2.49. The van der Waals surface area contributed by atoms with E-state index in [2.05, 4.69) is 4.72 Å². The summed E-state index contributed by atoms with van der Waals surface area (Å²) in [7, 11) is -2.65. The number of benzene rings is 2. The normalized spacial score (nSPS) is 12.9. The lowest BCUT2D eigenvalue weighted by Gasteiger charge is -2.15. The van der Waals surface area contributed by atoms with Gasteiger partial charge >= 0.3 is 0 Å². The molecule has 1 unspecified atom stereocenters. The SMILES string of the molecule is COc1ccc(C(C)NS(=O)(=O)c2cc(F)ccc2F)cc1. The van der Waals surface area contributed by atoms with Gasteiger partial charge in [0.25, 0.3) is 0 Å². The van der Waals surface area contributed by atoms with E-state index in [1.54, 1.807) is 31.2 Å². The van der Waals surface area contributed by atoms with E-state index in [4.69, 9.17) is 4.74 Å². The van der Waals surface area contributed by atoms with Crippen LogP contribution in [0.1, 0.15) is 18.5 Å². The minimum atomic E-state index is -4.17. The minimum Gasteiger partial charge on any atom is -0.497 e. The van der Waals surface area contributed by atoms with Crippen LogP contribution in [0.2, 0.25) is 0 Å². The molecule has 0 radical (unpaired) electrons. The molecule has 2 aromatic rings. The molecule has 118 valence electrons. The molecular formula is C15H15F2NO3S. The summed E-state index contributed by atoms with van der Waals surface area (Å²) in [6.07, 6.45) is 0. The van der Waals surface area contributed by atoms with E-state index in [1.165, 1.54) is 7.11 Å². The summed E-state index contributed by atoms with van der Waals surface area (Å²) in [6, 6.07) is 8.42. The highest BCUT2D eigenvalue weighted by molar-refractivity contribution is 7.89. The van der Waals surface area contributed by atoms with Crippen molar-refractivity contribution in [3.63, 3.8) is 0 Å². The first-order valence-electron chi connectivity index (χ1n) is 6.45. The van der Waals surface area contributed by atoms with Crippen molar-refractivity contribution >= 4 is 10.0 Å². The molecule has 0 saturated carbocycles. The number of halogens is 2. The third-order valence-corrected chi connectivity index (χ3v) is 4.69. The molecule has 0 aliphatic heterocycles. The Labute approximate surface area is 127 Å².